The van der Waals surface area contributed by atoms with Crippen LogP contribution in [0.5, 0.6) is 0 Å². The molecule has 146 valence electrons. The fourth-order valence-corrected chi connectivity index (χ4v) is 3.15. The number of esters is 2. The Morgan fingerprint density at radius 2 is 1.85 bits per heavy atom. The van der Waals surface area contributed by atoms with Gasteiger partial charge in [-0.3, -0.25) is 4.79 Å². The van der Waals surface area contributed by atoms with Crippen LogP contribution in [0.4, 0.5) is 0 Å². The van der Waals surface area contributed by atoms with Crippen LogP contribution in [0.2, 0.25) is 0 Å². The molecule has 0 aliphatic heterocycles. The molecule has 1 aliphatic carbocycles. The second kappa shape index (κ2) is 10.3. The normalized spacial score (nSPS) is 29.2. The van der Waals surface area contributed by atoms with Crippen molar-refractivity contribution in [3.8, 4) is 0 Å². The third-order valence-corrected chi connectivity index (χ3v) is 5.07. The predicted molar refractivity (Wildman–Crippen MR) is 105 cm³/mol. The Labute approximate surface area is 158 Å². The molecule has 0 heterocycles. The molecule has 0 saturated heterocycles. The van der Waals surface area contributed by atoms with E-state index in [0.29, 0.717) is 17.9 Å². The maximum absolute atomic E-state index is 12.2. The van der Waals surface area contributed by atoms with E-state index in [1.165, 1.54) is 12.5 Å². The lowest BCUT2D eigenvalue weighted by molar-refractivity contribution is -0.147. The largest absolute Gasteiger partial charge is 0.458 e. The van der Waals surface area contributed by atoms with E-state index in [1.807, 2.05) is 19.9 Å². The molecule has 26 heavy (non-hydrogen) atoms. The third-order valence-electron chi connectivity index (χ3n) is 5.07. The maximum Gasteiger partial charge on any atom is 0.333 e. The molecule has 4 nitrogen and oxygen atoms in total. The summed E-state index contributed by atoms with van der Waals surface area (Å²) in [4.78, 5) is 23.9. The number of hydrogen-bond acceptors (Lipinski definition) is 4. The summed E-state index contributed by atoms with van der Waals surface area (Å²) in [7, 11) is 0. The molecule has 0 aromatic heterocycles. The van der Waals surface area contributed by atoms with Crippen molar-refractivity contribution in [2.24, 2.45) is 11.8 Å². The number of allylic oxidation sites excluding steroid dienone is 2. The maximum atomic E-state index is 12.2. The molecule has 1 rings (SSSR count). The Bertz CT molecular complexity index is 595. The molecule has 4 heteroatoms. The number of ether oxygens (including phenoxy) is 2. The summed E-state index contributed by atoms with van der Waals surface area (Å²) in [6.07, 6.45) is 7.77. The van der Waals surface area contributed by atoms with Gasteiger partial charge >= 0.3 is 11.9 Å². The molecule has 0 amide bonds. The second-order valence-corrected chi connectivity index (χ2v) is 7.58. The van der Waals surface area contributed by atoms with Crippen molar-refractivity contribution in [1.29, 1.82) is 0 Å². The number of carbonyl (C=O) groups is 2. The van der Waals surface area contributed by atoms with Crippen LogP contribution in [0.25, 0.3) is 0 Å². The SMILES string of the molecule is C/C=C(/C)C(=O)O[C@H]1C/C=C(\C)CC[C@@H](C(C)C)[C@@H](OC(C)=O)/C=C/1C. The van der Waals surface area contributed by atoms with Gasteiger partial charge in [0.25, 0.3) is 0 Å². The van der Waals surface area contributed by atoms with Gasteiger partial charge in [0.15, 0.2) is 0 Å². The second-order valence-electron chi connectivity index (χ2n) is 7.58. The highest BCUT2D eigenvalue weighted by atomic mass is 16.5. The van der Waals surface area contributed by atoms with Crippen LogP contribution < -0.4 is 0 Å². The van der Waals surface area contributed by atoms with Crippen LogP contribution in [0, 0.1) is 11.8 Å². The van der Waals surface area contributed by atoms with Gasteiger partial charge in [-0.05, 0) is 58.1 Å². The molecule has 3 atom stereocenters. The standard InChI is InChI=1S/C22H34O4/c1-8-16(5)22(24)26-20-12-10-15(4)9-11-19(14(2)3)21(13-17(20)6)25-18(7)23/h8,10,13-14,19-21H,9,11-12H2,1-7H3/b15-10+,16-8-,17-13+/t19-,20-,21-/m0/s1. The number of hydrogen-bond donors (Lipinski definition) is 0. The summed E-state index contributed by atoms with van der Waals surface area (Å²) in [5, 5.41) is 0. The summed E-state index contributed by atoms with van der Waals surface area (Å²) in [6.45, 7) is 13.4. The van der Waals surface area contributed by atoms with Gasteiger partial charge in [-0.1, -0.05) is 31.6 Å². The number of rotatable bonds is 4. The zero-order chi connectivity index (χ0) is 19.9. The van der Waals surface area contributed by atoms with E-state index in [2.05, 4.69) is 26.8 Å². The smallest absolute Gasteiger partial charge is 0.333 e. The molecule has 0 N–H and O–H groups in total. The summed E-state index contributed by atoms with van der Waals surface area (Å²) >= 11 is 0. The molecule has 0 fully saturated rings. The Morgan fingerprint density at radius 1 is 1.19 bits per heavy atom. The first-order valence-corrected chi connectivity index (χ1v) is 9.50. The summed E-state index contributed by atoms with van der Waals surface area (Å²) < 4.78 is 11.4. The monoisotopic (exact) mass is 362 g/mol. The van der Waals surface area contributed by atoms with Crippen LogP contribution in [0.15, 0.2) is 34.9 Å². The van der Waals surface area contributed by atoms with Crippen molar-refractivity contribution in [1.82, 2.24) is 0 Å². The average molecular weight is 363 g/mol. The molecule has 1 aliphatic rings. The third kappa shape index (κ3) is 6.81. The summed E-state index contributed by atoms with van der Waals surface area (Å²) in [5.74, 6) is 0.0101. The summed E-state index contributed by atoms with van der Waals surface area (Å²) in [5.41, 5.74) is 2.79. The van der Waals surface area contributed by atoms with Crippen LogP contribution >= 0.6 is 0 Å². The Kier molecular flexibility index (Phi) is 8.83. The van der Waals surface area contributed by atoms with Gasteiger partial charge in [0.05, 0.1) is 0 Å². The van der Waals surface area contributed by atoms with Gasteiger partial charge in [0.1, 0.15) is 12.2 Å². The van der Waals surface area contributed by atoms with E-state index in [0.717, 1.165) is 18.4 Å². The molecule has 0 aromatic rings. The Morgan fingerprint density at radius 3 is 2.38 bits per heavy atom. The van der Waals surface area contributed by atoms with Gasteiger partial charge in [0.2, 0.25) is 0 Å². The highest BCUT2D eigenvalue weighted by Crippen LogP contribution is 2.30. The van der Waals surface area contributed by atoms with Crippen molar-refractivity contribution in [2.45, 2.75) is 79.9 Å². The van der Waals surface area contributed by atoms with Gasteiger partial charge in [-0.15, -0.1) is 0 Å². The lowest BCUT2D eigenvalue weighted by Crippen LogP contribution is -2.30. The van der Waals surface area contributed by atoms with Crippen molar-refractivity contribution in [3.63, 3.8) is 0 Å². The average Bonchev–Trinajstić information content (AvgIpc) is 2.55. The zero-order valence-corrected chi connectivity index (χ0v) is 17.3. The van der Waals surface area contributed by atoms with Crippen molar-refractivity contribution >= 4 is 11.9 Å². The van der Waals surface area contributed by atoms with Crippen LogP contribution in [0.3, 0.4) is 0 Å². The predicted octanol–water partition coefficient (Wildman–Crippen LogP) is 5.14. The van der Waals surface area contributed by atoms with E-state index in [9.17, 15) is 9.59 Å². The minimum absolute atomic E-state index is 0.226. The van der Waals surface area contributed by atoms with Crippen LogP contribution in [-0.4, -0.2) is 24.1 Å². The van der Waals surface area contributed by atoms with Crippen molar-refractivity contribution in [3.05, 3.63) is 34.9 Å². The van der Waals surface area contributed by atoms with E-state index >= 15 is 0 Å². The molecule has 0 unspecified atom stereocenters. The Balaban J connectivity index is 3.22. The topological polar surface area (TPSA) is 52.6 Å². The molecule has 0 aromatic carbocycles. The van der Waals surface area contributed by atoms with E-state index in [1.54, 1.807) is 13.0 Å². The molecule has 0 saturated carbocycles. The molecule has 0 bridgehead atoms. The van der Waals surface area contributed by atoms with Gasteiger partial charge in [-0.2, -0.15) is 0 Å². The van der Waals surface area contributed by atoms with E-state index < -0.39 is 0 Å². The highest BCUT2D eigenvalue weighted by molar-refractivity contribution is 5.87. The molecule has 0 spiro atoms. The lowest BCUT2D eigenvalue weighted by atomic mass is 9.83. The highest BCUT2D eigenvalue weighted by Gasteiger charge is 2.28. The van der Waals surface area contributed by atoms with Gasteiger partial charge in [-0.25, -0.2) is 4.79 Å². The number of carbonyl (C=O) groups excluding carboxylic acids is 2. The quantitative estimate of drug-likeness (QED) is 0.394. The zero-order valence-electron chi connectivity index (χ0n) is 17.3. The molecular weight excluding hydrogens is 328 g/mol. The minimum atomic E-state index is -0.351. The fourth-order valence-electron chi connectivity index (χ4n) is 3.15. The van der Waals surface area contributed by atoms with Crippen LogP contribution in [0.1, 0.15) is 67.7 Å². The summed E-state index contributed by atoms with van der Waals surface area (Å²) in [6, 6.07) is 0. The van der Waals surface area contributed by atoms with Crippen LogP contribution in [-0.2, 0) is 19.1 Å². The lowest BCUT2D eigenvalue weighted by Gasteiger charge is -2.30. The fraction of sp³-hybridized carbons (Fsp3) is 0.636. The minimum Gasteiger partial charge on any atom is -0.458 e. The Hall–Kier alpha value is -1.84. The first-order valence-electron chi connectivity index (χ1n) is 9.50. The van der Waals surface area contributed by atoms with Crippen molar-refractivity contribution < 1.29 is 19.1 Å². The molecular formula is C22H34O4. The van der Waals surface area contributed by atoms with Gasteiger partial charge in [0, 0.05) is 24.8 Å². The van der Waals surface area contributed by atoms with E-state index in [4.69, 9.17) is 9.47 Å². The first kappa shape index (κ1) is 22.2. The molecule has 0 radical (unpaired) electrons. The first-order chi connectivity index (χ1) is 12.1. The van der Waals surface area contributed by atoms with Gasteiger partial charge < -0.3 is 9.47 Å². The van der Waals surface area contributed by atoms with E-state index in [-0.39, 0.29) is 30.1 Å². The van der Waals surface area contributed by atoms with Crippen molar-refractivity contribution in [2.75, 3.05) is 0 Å².